The fraction of sp³-hybridized carbons (Fsp3) is 0.278. The monoisotopic (exact) mass is 328 g/mol. The van der Waals surface area contributed by atoms with E-state index >= 15 is 0 Å². The van der Waals surface area contributed by atoms with Crippen LogP contribution in [0, 0.1) is 0 Å². The number of nitrogens with two attached hydrogens (primary N) is 1. The Kier molecular flexibility index (Phi) is 4.59. The Labute approximate surface area is 140 Å². The lowest BCUT2D eigenvalue weighted by Crippen LogP contribution is -2.30. The number of para-hydroxylation sites is 1. The molecule has 0 aliphatic carbocycles. The Bertz CT molecular complexity index is 733. The van der Waals surface area contributed by atoms with Crippen LogP contribution in [0.1, 0.15) is 28.3 Å². The summed E-state index contributed by atoms with van der Waals surface area (Å²) in [5.74, 6) is 0.115. The molecule has 3 N–H and O–H groups in total. The number of carbonyl (C=O) groups excluding carboxylic acids is 1. The highest BCUT2D eigenvalue weighted by Crippen LogP contribution is 2.39. The summed E-state index contributed by atoms with van der Waals surface area (Å²) < 4.78 is 0. The molecule has 1 heterocycles. The summed E-state index contributed by atoms with van der Waals surface area (Å²) in [6, 6.07) is 13.1. The Morgan fingerprint density at radius 1 is 1.35 bits per heavy atom. The maximum absolute atomic E-state index is 13.0. The second-order valence-electron chi connectivity index (χ2n) is 5.63. The fourth-order valence-corrected chi connectivity index (χ4v) is 3.53. The summed E-state index contributed by atoms with van der Waals surface area (Å²) in [5, 5.41) is 10.1. The van der Waals surface area contributed by atoms with Crippen LogP contribution < -0.4 is 10.6 Å². The quantitative estimate of drug-likeness (QED) is 0.846. The smallest absolute Gasteiger partial charge is 0.262 e. The first-order valence-electron chi connectivity index (χ1n) is 7.63. The van der Waals surface area contributed by atoms with Gasteiger partial charge in [-0.15, -0.1) is 11.8 Å². The number of nitrogens with zero attached hydrogens (tertiary/aromatic N) is 1. The third-order valence-electron chi connectivity index (χ3n) is 4.26. The van der Waals surface area contributed by atoms with Crippen molar-refractivity contribution in [3.05, 3.63) is 53.6 Å². The first-order valence-corrected chi connectivity index (χ1v) is 8.86. The van der Waals surface area contributed by atoms with Crippen LogP contribution in [0.5, 0.6) is 5.75 Å². The maximum Gasteiger partial charge on any atom is 0.262 e. The minimum atomic E-state index is -0.162. The van der Waals surface area contributed by atoms with Crippen molar-refractivity contribution in [2.24, 2.45) is 5.73 Å². The molecule has 23 heavy (non-hydrogen) atoms. The number of carbonyl (C=O) groups is 1. The molecule has 0 bridgehead atoms. The van der Waals surface area contributed by atoms with Crippen LogP contribution in [0.4, 0.5) is 5.69 Å². The molecule has 0 aromatic heterocycles. The number of rotatable bonds is 4. The normalized spacial score (nSPS) is 16.4. The van der Waals surface area contributed by atoms with Gasteiger partial charge in [-0.1, -0.05) is 18.2 Å². The van der Waals surface area contributed by atoms with Crippen molar-refractivity contribution in [1.82, 2.24) is 0 Å². The number of anilines is 1. The number of hydrogen-bond donors (Lipinski definition) is 2. The van der Waals surface area contributed by atoms with Crippen LogP contribution in [0.15, 0.2) is 47.4 Å². The second-order valence-corrected chi connectivity index (χ2v) is 6.51. The summed E-state index contributed by atoms with van der Waals surface area (Å²) in [6.45, 7) is 1.20. The fourth-order valence-electron chi connectivity index (χ4n) is 3.09. The molecule has 1 atom stereocenters. The molecule has 1 unspecified atom stereocenters. The first kappa shape index (κ1) is 15.9. The predicted molar refractivity (Wildman–Crippen MR) is 94.4 cm³/mol. The highest BCUT2D eigenvalue weighted by atomic mass is 32.2. The topological polar surface area (TPSA) is 66.6 Å². The second kappa shape index (κ2) is 6.64. The zero-order valence-electron chi connectivity index (χ0n) is 13.0. The van der Waals surface area contributed by atoms with Gasteiger partial charge in [-0.05, 0) is 49.1 Å². The zero-order chi connectivity index (χ0) is 16.4. The molecule has 1 amide bonds. The number of fused-ring (bicyclic) bond motifs is 1. The minimum absolute atomic E-state index is 0.0209. The van der Waals surface area contributed by atoms with Crippen molar-refractivity contribution in [3.63, 3.8) is 0 Å². The number of aromatic hydroxyl groups is 1. The molecule has 2 aromatic rings. The Balaban J connectivity index is 1.98. The molecule has 4 nitrogen and oxygen atoms in total. The number of phenolic OH excluding ortho intramolecular Hbond substituents is 1. The number of thioether (sulfide) groups is 1. The third kappa shape index (κ3) is 2.94. The van der Waals surface area contributed by atoms with E-state index in [1.54, 1.807) is 28.8 Å². The van der Waals surface area contributed by atoms with E-state index < -0.39 is 0 Å². The molecular formula is C18H20N2O2S. The van der Waals surface area contributed by atoms with Gasteiger partial charge in [0.05, 0.1) is 5.56 Å². The molecule has 3 rings (SSSR count). The van der Waals surface area contributed by atoms with E-state index in [2.05, 4.69) is 6.07 Å². The van der Waals surface area contributed by atoms with Gasteiger partial charge in [0.2, 0.25) is 0 Å². The van der Waals surface area contributed by atoms with Crippen molar-refractivity contribution in [1.29, 1.82) is 0 Å². The number of benzene rings is 2. The van der Waals surface area contributed by atoms with Crippen LogP contribution in [-0.4, -0.2) is 30.4 Å². The molecule has 2 aromatic carbocycles. The van der Waals surface area contributed by atoms with Crippen LogP contribution in [0.25, 0.3) is 0 Å². The molecule has 5 heteroatoms. The SMILES string of the molecule is CSc1ccc(O)c(C(=O)N2CC(CCN)c3ccccc32)c1. The van der Waals surface area contributed by atoms with Gasteiger partial charge in [-0.2, -0.15) is 0 Å². The zero-order valence-corrected chi connectivity index (χ0v) is 13.8. The van der Waals surface area contributed by atoms with Crippen molar-refractivity contribution in [2.45, 2.75) is 17.2 Å². The van der Waals surface area contributed by atoms with Gasteiger partial charge in [0.1, 0.15) is 5.75 Å². The predicted octanol–water partition coefficient (Wildman–Crippen LogP) is 3.21. The molecule has 1 aliphatic heterocycles. The van der Waals surface area contributed by atoms with E-state index in [0.717, 1.165) is 22.6 Å². The Morgan fingerprint density at radius 2 is 2.13 bits per heavy atom. The van der Waals surface area contributed by atoms with Gasteiger partial charge in [-0.25, -0.2) is 0 Å². The van der Waals surface area contributed by atoms with Crippen molar-refractivity contribution in [2.75, 3.05) is 24.2 Å². The Morgan fingerprint density at radius 3 is 2.87 bits per heavy atom. The van der Waals surface area contributed by atoms with Gasteiger partial charge in [0.15, 0.2) is 0 Å². The largest absolute Gasteiger partial charge is 0.507 e. The van der Waals surface area contributed by atoms with Gasteiger partial charge in [0, 0.05) is 23.0 Å². The minimum Gasteiger partial charge on any atom is -0.507 e. The van der Waals surface area contributed by atoms with Crippen LogP contribution in [0.2, 0.25) is 0 Å². The maximum atomic E-state index is 13.0. The van der Waals surface area contributed by atoms with Gasteiger partial charge < -0.3 is 15.7 Å². The highest BCUT2D eigenvalue weighted by molar-refractivity contribution is 7.98. The third-order valence-corrected chi connectivity index (χ3v) is 4.99. The average Bonchev–Trinajstić information content (AvgIpc) is 2.94. The summed E-state index contributed by atoms with van der Waals surface area (Å²) in [4.78, 5) is 15.7. The van der Waals surface area contributed by atoms with E-state index in [1.807, 2.05) is 30.5 Å². The number of hydrogen-bond acceptors (Lipinski definition) is 4. The van der Waals surface area contributed by atoms with Crippen molar-refractivity contribution in [3.8, 4) is 5.75 Å². The lowest BCUT2D eigenvalue weighted by Gasteiger charge is -2.19. The molecule has 0 saturated heterocycles. The van der Waals surface area contributed by atoms with E-state index in [9.17, 15) is 9.90 Å². The molecular weight excluding hydrogens is 308 g/mol. The van der Waals surface area contributed by atoms with Gasteiger partial charge in [0.25, 0.3) is 5.91 Å². The number of phenols is 1. The lowest BCUT2D eigenvalue weighted by molar-refractivity contribution is 0.0985. The number of amides is 1. The van der Waals surface area contributed by atoms with Crippen LogP contribution in [-0.2, 0) is 0 Å². The summed E-state index contributed by atoms with van der Waals surface area (Å²) in [7, 11) is 0. The van der Waals surface area contributed by atoms with E-state index in [4.69, 9.17) is 5.73 Å². The van der Waals surface area contributed by atoms with Crippen LogP contribution >= 0.6 is 11.8 Å². The summed E-state index contributed by atoms with van der Waals surface area (Å²) in [5.41, 5.74) is 8.14. The van der Waals surface area contributed by atoms with Gasteiger partial charge >= 0.3 is 0 Å². The summed E-state index contributed by atoms with van der Waals surface area (Å²) in [6.07, 6.45) is 2.79. The van der Waals surface area contributed by atoms with Crippen LogP contribution in [0.3, 0.4) is 0 Å². The van der Waals surface area contributed by atoms with E-state index in [0.29, 0.717) is 18.7 Å². The first-order chi connectivity index (χ1) is 11.2. The molecule has 0 spiro atoms. The Hall–Kier alpha value is -1.98. The summed E-state index contributed by atoms with van der Waals surface area (Å²) >= 11 is 1.55. The lowest BCUT2D eigenvalue weighted by atomic mass is 9.98. The molecule has 0 saturated carbocycles. The average molecular weight is 328 g/mol. The molecule has 0 radical (unpaired) electrons. The molecule has 0 fully saturated rings. The molecule has 120 valence electrons. The van der Waals surface area contributed by atoms with Gasteiger partial charge in [-0.3, -0.25) is 4.79 Å². The van der Waals surface area contributed by atoms with E-state index in [1.165, 1.54) is 0 Å². The van der Waals surface area contributed by atoms with E-state index in [-0.39, 0.29) is 17.6 Å². The molecule has 1 aliphatic rings. The standard InChI is InChI=1S/C18H20N2O2S/c1-23-13-6-7-17(21)15(10-13)18(22)20-11-12(8-9-19)14-4-2-3-5-16(14)20/h2-7,10,12,21H,8-9,11,19H2,1H3. The highest BCUT2D eigenvalue weighted by Gasteiger charge is 2.33. The van der Waals surface area contributed by atoms with Crippen molar-refractivity contribution >= 4 is 23.4 Å². The van der Waals surface area contributed by atoms with Crippen molar-refractivity contribution < 1.29 is 9.90 Å².